The van der Waals surface area contributed by atoms with E-state index in [0.717, 1.165) is 0 Å². The fourth-order valence-corrected chi connectivity index (χ4v) is 1.17. The summed E-state index contributed by atoms with van der Waals surface area (Å²) in [6.45, 7) is 1.24. The SMILES string of the molecule is Cc1noc2ncnc(NOCC(=O)O)c12. The molecule has 8 nitrogen and oxygen atoms in total. The summed E-state index contributed by atoms with van der Waals surface area (Å²) in [7, 11) is 0. The second-order valence-corrected chi connectivity index (χ2v) is 2.95. The van der Waals surface area contributed by atoms with E-state index in [2.05, 4.69) is 20.6 Å². The Bertz CT molecular complexity index is 524. The lowest BCUT2D eigenvalue weighted by atomic mass is 10.3. The van der Waals surface area contributed by atoms with E-state index in [-0.39, 0.29) is 0 Å². The highest BCUT2D eigenvalue weighted by Gasteiger charge is 2.11. The number of nitrogens with one attached hydrogen (secondary N) is 1. The van der Waals surface area contributed by atoms with E-state index in [9.17, 15) is 4.79 Å². The number of aliphatic carboxylic acids is 1. The van der Waals surface area contributed by atoms with Crippen LogP contribution in [0.5, 0.6) is 0 Å². The van der Waals surface area contributed by atoms with Gasteiger partial charge in [0, 0.05) is 0 Å². The lowest BCUT2D eigenvalue weighted by molar-refractivity contribution is -0.141. The number of carboxylic acids is 1. The van der Waals surface area contributed by atoms with Crippen LogP contribution in [0.4, 0.5) is 5.82 Å². The summed E-state index contributed by atoms with van der Waals surface area (Å²) in [5.41, 5.74) is 3.32. The molecule has 0 saturated heterocycles. The molecule has 2 aromatic rings. The van der Waals surface area contributed by atoms with Crippen LogP contribution in [0.15, 0.2) is 10.9 Å². The molecule has 8 heteroatoms. The minimum atomic E-state index is -1.08. The van der Waals surface area contributed by atoms with Gasteiger partial charge in [-0.15, -0.1) is 0 Å². The number of carbonyl (C=O) groups is 1. The molecule has 0 radical (unpaired) electrons. The zero-order valence-electron chi connectivity index (χ0n) is 8.30. The second-order valence-electron chi connectivity index (χ2n) is 2.95. The van der Waals surface area contributed by atoms with Gasteiger partial charge in [0.1, 0.15) is 11.7 Å². The second kappa shape index (κ2) is 4.11. The number of aromatic nitrogens is 3. The van der Waals surface area contributed by atoms with Gasteiger partial charge < -0.3 is 9.63 Å². The molecule has 0 aliphatic carbocycles. The molecule has 0 amide bonds. The summed E-state index contributed by atoms with van der Waals surface area (Å²) < 4.78 is 4.90. The van der Waals surface area contributed by atoms with E-state index in [4.69, 9.17) is 14.5 Å². The van der Waals surface area contributed by atoms with Gasteiger partial charge in [0.25, 0.3) is 5.71 Å². The van der Waals surface area contributed by atoms with Crippen LogP contribution >= 0.6 is 0 Å². The van der Waals surface area contributed by atoms with Crippen molar-refractivity contribution in [2.45, 2.75) is 6.92 Å². The van der Waals surface area contributed by atoms with Crippen molar-refractivity contribution in [2.24, 2.45) is 0 Å². The predicted octanol–water partition coefficient (Wildman–Crippen LogP) is 0.354. The highest BCUT2D eigenvalue weighted by Crippen LogP contribution is 2.21. The highest BCUT2D eigenvalue weighted by atomic mass is 16.7. The molecule has 2 heterocycles. The smallest absolute Gasteiger partial charge is 0.332 e. The Morgan fingerprint density at radius 2 is 2.44 bits per heavy atom. The van der Waals surface area contributed by atoms with Crippen molar-refractivity contribution in [1.29, 1.82) is 0 Å². The third-order valence-corrected chi connectivity index (χ3v) is 1.81. The standard InChI is InChI=1S/C8H8N4O4/c1-4-6-7(12-15-2-5(13)14)9-3-10-8(6)16-11-4/h3H,2H2,1H3,(H,13,14)(H,9,10,12). The van der Waals surface area contributed by atoms with Crippen molar-refractivity contribution in [2.75, 3.05) is 12.1 Å². The van der Waals surface area contributed by atoms with E-state index in [1.54, 1.807) is 6.92 Å². The minimum Gasteiger partial charge on any atom is -0.479 e. The van der Waals surface area contributed by atoms with Crippen LogP contribution in [-0.4, -0.2) is 32.8 Å². The monoisotopic (exact) mass is 224 g/mol. The number of nitrogens with zero attached hydrogens (tertiary/aromatic N) is 3. The molecule has 0 spiro atoms. The molecule has 2 N–H and O–H groups in total. The van der Waals surface area contributed by atoms with Gasteiger partial charge in [-0.1, -0.05) is 5.16 Å². The van der Waals surface area contributed by atoms with Crippen molar-refractivity contribution < 1.29 is 19.3 Å². The third kappa shape index (κ3) is 1.91. The number of fused-ring (bicyclic) bond motifs is 1. The molecule has 16 heavy (non-hydrogen) atoms. The lowest BCUT2D eigenvalue weighted by Gasteiger charge is -2.03. The summed E-state index contributed by atoms with van der Waals surface area (Å²) >= 11 is 0. The topological polar surface area (TPSA) is 110 Å². The summed E-state index contributed by atoms with van der Waals surface area (Å²) in [6.07, 6.45) is 1.26. The Hall–Kier alpha value is -2.22. The van der Waals surface area contributed by atoms with Crippen molar-refractivity contribution in [1.82, 2.24) is 15.1 Å². The molecule has 0 atom stereocenters. The summed E-state index contributed by atoms with van der Waals surface area (Å²) in [5, 5.41) is 12.7. The number of anilines is 1. The first-order chi connectivity index (χ1) is 7.68. The first kappa shape index (κ1) is 10.3. The predicted molar refractivity (Wildman–Crippen MR) is 51.5 cm³/mol. The Balaban J connectivity index is 2.23. The Labute approximate surface area is 89.2 Å². The van der Waals surface area contributed by atoms with E-state index >= 15 is 0 Å². The maximum atomic E-state index is 10.2. The number of hydrogen-bond acceptors (Lipinski definition) is 7. The zero-order valence-corrected chi connectivity index (χ0v) is 8.30. The molecule has 2 rings (SSSR count). The lowest BCUT2D eigenvalue weighted by Crippen LogP contribution is -2.12. The highest BCUT2D eigenvalue weighted by molar-refractivity contribution is 5.86. The zero-order chi connectivity index (χ0) is 11.5. The number of hydrogen-bond donors (Lipinski definition) is 2. The first-order valence-electron chi connectivity index (χ1n) is 4.35. The van der Waals surface area contributed by atoms with Crippen LogP contribution in [0.3, 0.4) is 0 Å². The average Bonchev–Trinajstić information content (AvgIpc) is 2.61. The normalized spacial score (nSPS) is 10.6. The van der Waals surface area contributed by atoms with Crippen molar-refractivity contribution >= 4 is 22.9 Å². The molecule has 0 fully saturated rings. The molecule has 0 aliphatic heterocycles. The van der Waals surface area contributed by atoms with Crippen molar-refractivity contribution in [3.05, 3.63) is 12.0 Å². The first-order valence-corrected chi connectivity index (χ1v) is 4.35. The summed E-state index contributed by atoms with van der Waals surface area (Å²) in [6, 6.07) is 0. The van der Waals surface area contributed by atoms with Crippen molar-refractivity contribution in [3.8, 4) is 0 Å². The van der Waals surface area contributed by atoms with E-state index in [1.165, 1.54) is 6.33 Å². The number of carboxylic acid groups (broad SMARTS) is 1. The molecule has 0 aromatic carbocycles. The van der Waals surface area contributed by atoms with Crippen LogP contribution in [0.2, 0.25) is 0 Å². The fraction of sp³-hybridized carbons (Fsp3) is 0.250. The van der Waals surface area contributed by atoms with Crippen LogP contribution < -0.4 is 5.48 Å². The van der Waals surface area contributed by atoms with Gasteiger partial charge in [0.15, 0.2) is 12.4 Å². The largest absolute Gasteiger partial charge is 0.479 e. The van der Waals surface area contributed by atoms with E-state index in [0.29, 0.717) is 22.6 Å². The van der Waals surface area contributed by atoms with Crippen molar-refractivity contribution in [3.63, 3.8) is 0 Å². The Morgan fingerprint density at radius 1 is 1.62 bits per heavy atom. The third-order valence-electron chi connectivity index (χ3n) is 1.81. The van der Waals surface area contributed by atoms with Gasteiger partial charge in [-0.05, 0) is 6.92 Å². The Kier molecular flexibility index (Phi) is 2.64. The quantitative estimate of drug-likeness (QED) is 0.716. The summed E-state index contributed by atoms with van der Waals surface area (Å²) in [5.74, 6) is -0.759. The van der Waals surface area contributed by atoms with Crippen LogP contribution in [0.25, 0.3) is 11.1 Å². The summed E-state index contributed by atoms with van der Waals surface area (Å²) in [4.78, 5) is 22.7. The van der Waals surface area contributed by atoms with Crippen LogP contribution in [0, 0.1) is 6.92 Å². The maximum absolute atomic E-state index is 10.2. The molecular formula is C8H8N4O4. The fourth-order valence-electron chi connectivity index (χ4n) is 1.17. The van der Waals surface area contributed by atoms with E-state index < -0.39 is 12.6 Å². The molecular weight excluding hydrogens is 216 g/mol. The molecule has 84 valence electrons. The van der Waals surface area contributed by atoms with Gasteiger partial charge in [-0.2, -0.15) is 4.98 Å². The van der Waals surface area contributed by atoms with Gasteiger partial charge in [0.05, 0.1) is 5.69 Å². The maximum Gasteiger partial charge on any atom is 0.332 e. The van der Waals surface area contributed by atoms with Gasteiger partial charge in [-0.25, -0.2) is 15.3 Å². The number of rotatable bonds is 4. The van der Waals surface area contributed by atoms with Gasteiger partial charge in [0.2, 0.25) is 0 Å². The molecule has 0 bridgehead atoms. The van der Waals surface area contributed by atoms with Gasteiger partial charge in [-0.3, -0.25) is 4.84 Å². The van der Waals surface area contributed by atoms with E-state index in [1.807, 2.05) is 0 Å². The Morgan fingerprint density at radius 3 is 3.19 bits per heavy atom. The van der Waals surface area contributed by atoms with Crippen LogP contribution in [-0.2, 0) is 9.63 Å². The average molecular weight is 224 g/mol. The molecule has 2 aromatic heterocycles. The minimum absolute atomic E-state index is 0.314. The van der Waals surface area contributed by atoms with Gasteiger partial charge >= 0.3 is 5.97 Å². The molecule has 0 saturated carbocycles. The van der Waals surface area contributed by atoms with Crippen LogP contribution in [0.1, 0.15) is 5.69 Å². The number of aryl methyl sites for hydroxylation is 1. The molecule has 0 unspecified atom stereocenters. The molecule has 0 aliphatic rings.